The van der Waals surface area contributed by atoms with Gasteiger partial charge < -0.3 is 15.7 Å². The molecular weight excluding hydrogens is 332 g/mol. The molecule has 0 aliphatic carbocycles. The fourth-order valence-electron chi connectivity index (χ4n) is 2.90. The van der Waals surface area contributed by atoms with Gasteiger partial charge in [-0.05, 0) is 50.2 Å². The Morgan fingerprint density at radius 2 is 2.22 bits per heavy atom. The molecule has 1 aliphatic rings. The van der Waals surface area contributed by atoms with E-state index in [0.717, 1.165) is 40.8 Å². The van der Waals surface area contributed by atoms with Crippen molar-refractivity contribution < 1.29 is 9.90 Å². The van der Waals surface area contributed by atoms with Crippen molar-refractivity contribution in [3.8, 4) is 0 Å². The summed E-state index contributed by atoms with van der Waals surface area (Å²) in [6, 6.07) is 10.1. The molecular formula is C17H23ClN2O2S. The molecule has 2 heterocycles. The third-order valence-electron chi connectivity index (χ3n) is 4.35. The molecule has 2 aromatic rings. The highest BCUT2D eigenvalue weighted by Crippen LogP contribution is 2.29. The Morgan fingerprint density at radius 3 is 2.91 bits per heavy atom. The van der Waals surface area contributed by atoms with E-state index >= 15 is 0 Å². The van der Waals surface area contributed by atoms with Gasteiger partial charge in [-0.1, -0.05) is 18.2 Å². The number of aliphatic hydroxyl groups is 1. The highest BCUT2D eigenvalue weighted by molar-refractivity contribution is 7.19. The molecule has 0 bridgehead atoms. The van der Waals surface area contributed by atoms with Crippen LogP contribution in [0, 0.1) is 0 Å². The van der Waals surface area contributed by atoms with E-state index in [1.54, 1.807) is 11.3 Å². The monoisotopic (exact) mass is 354 g/mol. The maximum absolute atomic E-state index is 12.3. The van der Waals surface area contributed by atoms with Crippen molar-refractivity contribution in [1.82, 2.24) is 10.6 Å². The number of hydrogen-bond donors (Lipinski definition) is 3. The smallest absolute Gasteiger partial charge is 0.240 e. The lowest BCUT2D eigenvalue weighted by molar-refractivity contribution is -0.128. The Bertz CT molecular complexity index is 634. The number of carbonyl (C=O) groups is 1. The lowest BCUT2D eigenvalue weighted by Crippen LogP contribution is -2.57. The molecule has 23 heavy (non-hydrogen) atoms. The zero-order valence-electron chi connectivity index (χ0n) is 13.2. The zero-order valence-corrected chi connectivity index (χ0v) is 14.8. The van der Waals surface area contributed by atoms with Crippen LogP contribution in [-0.4, -0.2) is 29.6 Å². The van der Waals surface area contributed by atoms with Gasteiger partial charge in [0, 0.05) is 16.1 Å². The molecule has 0 radical (unpaired) electrons. The summed E-state index contributed by atoms with van der Waals surface area (Å²) < 4.78 is 1.16. The Balaban J connectivity index is 0.00000192. The first-order chi connectivity index (χ1) is 10.6. The first-order valence-electron chi connectivity index (χ1n) is 7.78. The molecule has 2 unspecified atom stereocenters. The number of nitrogens with one attached hydrogen (secondary N) is 2. The summed E-state index contributed by atoms with van der Waals surface area (Å²) in [7, 11) is 0. The standard InChI is InChI=1S/C17H22N2O2S.ClH/c1-17(8-4-5-9-19-17)16(21)18-11-13(20)15-10-12-6-2-3-7-14(12)22-15;/h2-3,6-7,10,13,19-20H,4-5,8-9,11H2,1H3,(H,18,21);1H. The minimum absolute atomic E-state index is 0. The summed E-state index contributed by atoms with van der Waals surface area (Å²) in [6.45, 7) is 3.07. The van der Waals surface area contributed by atoms with Crippen molar-refractivity contribution >= 4 is 39.7 Å². The van der Waals surface area contributed by atoms with E-state index in [9.17, 15) is 9.90 Å². The maximum Gasteiger partial charge on any atom is 0.240 e. The average molecular weight is 355 g/mol. The van der Waals surface area contributed by atoms with Crippen LogP contribution in [0.15, 0.2) is 30.3 Å². The van der Waals surface area contributed by atoms with Crippen LogP contribution in [0.25, 0.3) is 10.1 Å². The molecule has 2 atom stereocenters. The summed E-state index contributed by atoms with van der Waals surface area (Å²) in [6.07, 6.45) is 2.37. The van der Waals surface area contributed by atoms with Crippen molar-refractivity contribution in [2.75, 3.05) is 13.1 Å². The highest BCUT2D eigenvalue weighted by atomic mass is 35.5. The second-order valence-corrected chi connectivity index (χ2v) is 7.24. The second kappa shape index (κ2) is 7.62. The number of benzene rings is 1. The predicted octanol–water partition coefficient (Wildman–Crippen LogP) is 3.00. The summed E-state index contributed by atoms with van der Waals surface area (Å²) in [5.41, 5.74) is -0.502. The second-order valence-electron chi connectivity index (χ2n) is 6.13. The van der Waals surface area contributed by atoms with Crippen LogP contribution in [0.3, 0.4) is 0 Å². The van der Waals surface area contributed by atoms with Crippen LogP contribution in [0.2, 0.25) is 0 Å². The normalized spacial score (nSPS) is 22.3. The summed E-state index contributed by atoms with van der Waals surface area (Å²) >= 11 is 1.57. The fraction of sp³-hybridized carbons (Fsp3) is 0.471. The van der Waals surface area contributed by atoms with Crippen molar-refractivity contribution in [1.29, 1.82) is 0 Å². The van der Waals surface area contributed by atoms with Crippen molar-refractivity contribution in [3.63, 3.8) is 0 Å². The number of thiophene rings is 1. The third-order valence-corrected chi connectivity index (χ3v) is 5.57. The van der Waals surface area contributed by atoms with Gasteiger partial charge in [-0.3, -0.25) is 4.79 Å². The van der Waals surface area contributed by atoms with Gasteiger partial charge in [0.05, 0.1) is 5.54 Å². The van der Waals surface area contributed by atoms with Gasteiger partial charge in [0.25, 0.3) is 0 Å². The molecule has 1 amide bonds. The topological polar surface area (TPSA) is 61.4 Å². The number of halogens is 1. The minimum atomic E-state index is -0.659. The molecule has 0 saturated carbocycles. The number of fused-ring (bicyclic) bond motifs is 1. The maximum atomic E-state index is 12.3. The highest BCUT2D eigenvalue weighted by Gasteiger charge is 2.34. The van der Waals surface area contributed by atoms with Crippen LogP contribution in [0.4, 0.5) is 0 Å². The van der Waals surface area contributed by atoms with Gasteiger partial charge >= 0.3 is 0 Å². The van der Waals surface area contributed by atoms with E-state index in [2.05, 4.69) is 10.6 Å². The minimum Gasteiger partial charge on any atom is -0.386 e. The van der Waals surface area contributed by atoms with E-state index in [-0.39, 0.29) is 24.9 Å². The zero-order chi connectivity index (χ0) is 15.6. The third kappa shape index (κ3) is 4.04. The fourth-order valence-corrected chi connectivity index (χ4v) is 3.95. The molecule has 3 N–H and O–H groups in total. The Labute approximate surface area is 146 Å². The number of piperidine rings is 1. The van der Waals surface area contributed by atoms with E-state index in [1.165, 1.54) is 0 Å². The summed E-state index contributed by atoms with van der Waals surface area (Å²) in [5, 5.41) is 17.6. The van der Waals surface area contributed by atoms with Gasteiger partial charge in [0.15, 0.2) is 0 Å². The van der Waals surface area contributed by atoms with Crippen LogP contribution in [-0.2, 0) is 4.79 Å². The lowest BCUT2D eigenvalue weighted by atomic mass is 9.90. The molecule has 0 spiro atoms. The number of aliphatic hydroxyl groups excluding tert-OH is 1. The molecule has 1 aromatic carbocycles. The average Bonchev–Trinajstić information content (AvgIpc) is 2.97. The number of carbonyl (C=O) groups excluding carboxylic acids is 1. The van der Waals surface area contributed by atoms with Gasteiger partial charge in [0.1, 0.15) is 6.10 Å². The molecule has 1 saturated heterocycles. The Kier molecular flexibility index (Phi) is 6.03. The number of amides is 1. The summed E-state index contributed by atoms with van der Waals surface area (Å²) in [4.78, 5) is 13.2. The molecule has 126 valence electrons. The summed E-state index contributed by atoms with van der Waals surface area (Å²) in [5.74, 6) is -0.0210. The molecule has 3 rings (SSSR count). The van der Waals surface area contributed by atoms with Crippen LogP contribution in [0.1, 0.15) is 37.2 Å². The van der Waals surface area contributed by atoms with Gasteiger partial charge in [-0.25, -0.2) is 0 Å². The first-order valence-corrected chi connectivity index (χ1v) is 8.60. The van der Waals surface area contributed by atoms with Gasteiger partial charge in [0.2, 0.25) is 5.91 Å². The molecule has 1 fully saturated rings. The Hall–Kier alpha value is -1.14. The number of rotatable bonds is 4. The van der Waals surface area contributed by atoms with E-state index < -0.39 is 11.6 Å². The molecule has 1 aromatic heterocycles. The van der Waals surface area contributed by atoms with Crippen molar-refractivity contribution in [2.24, 2.45) is 0 Å². The number of hydrogen-bond acceptors (Lipinski definition) is 4. The molecule has 1 aliphatic heterocycles. The molecule has 4 nitrogen and oxygen atoms in total. The van der Waals surface area contributed by atoms with E-state index in [0.29, 0.717) is 0 Å². The van der Waals surface area contributed by atoms with Crippen molar-refractivity contribution in [3.05, 3.63) is 35.2 Å². The quantitative estimate of drug-likeness (QED) is 0.791. The first kappa shape index (κ1) is 18.2. The predicted molar refractivity (Wildman–Crippen MR) is 97.3 cm³/mol. The van der Waals surface area contributed by atoms with Crippen LogP contribution < -0.4 is 10.6 Å². The van der Waals surface area contributed by atoms with E-state index in [1.807, 2.05) is 37.3 Å². The van der Waals surface area contributed by atoms with Crippen LogP contribution in [0.5, 0.6) is 0 Å². The van der Waals surface area contributed by atoms with Gasteiger partial charge in [-0.2, -0.15) is 0 Å². The van der Waals surface area contributed by atoms with E-state index in [4.69, 9.17) is 0 Å². The lowest BCUT2D eigenvalue weighted by Gasteiger charge is -2.33. The Morgan fingerprint density at radius 1 is 1.43 bits per heavy atom. The molecule has 6 heteroatoms. The largest absolute Gasteiger partial charge is 0.386 e. The SMILES string of the molecule is CC1(C(=O)NCC(O)c2cc3ccccc3s2)CCCCN1.Cl. The van der Waals surface area contributed by atoms with Crippen molar-refractivity contribution in [2.45, 2.75) is 37.8 Å². The van der Waals surface area contributed by atoms with Gasteiger partial charge in [-0.15, -0.1) is 23.7 Å². The van der Waals surface area contributed by atoms with Crippen LogP contribution >= 0.6 is 23.7 Å².